The minimum Gasteiger partial charge on any atom is -0.496 e. The van der Waals surface area contributed by atoms with Crippen molar-refractivity contribution >= 4 is 28.5 Å². The Morgan fingerprint density at radius 1 is 1.21 bits per heavy atom. The largest absolute Gasteiger partial charge is 0.496 e. The number of aromatic amines is 1. The lowest BCUT2D eigenvalue weighted by molar-refractivity contribution is 0.407. The van der Waals surface area contributed by atoms with Gasteiger partial charge in [-0.3, -0.25) is 4.98 Å². The van der Waals surface area contributed by atoms with E-state index in [1.165, 1.54) is 6.42 Å². The zero-order valence-electron chi connectivity index (χ0n) is 16.5. The molecule has 1 aliphatic rings. The smallest absolute Gasteiger partial charge is 0.166 e. The van der Waals surface area contributed by atoms with Crippen LogP contribution >= 0.6 is 11.8 Å². The van der Waals surface area contributed by atoms with Crippen molar-refractivity contribution in [2.75, 3.05) is 25.1 Å². The van der Waals surface area contributed by atoms with E-state index in [0.717, 1.165) is 64.7 Å². The molecule has 7 heteroatoms. The number of fused-ring (bicyclic) bond motifs is 1. The highest BCUT2D eigenvalue weighted by atomic mass is 32.2. The van der Waals surface area contributed by atoms with Crippen molar-refractivity contribution < 1.29 is 9.13 Å². The molecular weight excluding hydrogens is 375 g/mol. The van der Waals surface area contributed by atoms with Crippen molar-refractivity contribution in [2.45, 2.75) is 44.0 Å². The molecule has 28 heavy (non-hydrogen) atoms. The number of rotatable bonds is 5. The fraction of sp³-hybridized carbons (Fsp3) is 0.429. The van der Waals surface area contributed by atoms with Gasteiger partial charge in [0.15, 0.2) is 5.16 Å². The number of hydrogen-bond donors (Lipinski definition) is 1. The lowest BCUT2D eigenvalue weighted by Gasteiger charge is -2.29. The van der Waals surface area contributed by atoms with Gasteiger partial charge in [-0.25, -0.2) is 9.37 Å². The Labute approximate surface area is 168 Å². The highest BCUT2D eigenvalue weighted by molar-refractivity contribution is 7.98. The number of methoxy groups -OCH3 is 1. The minimum absolute atomic E-state index is 0.185. The molecule has 0 atom stereocenters. The maximum absolute atomic E-state index is 14.6. The SMILES string of the molecule is COc1c(C)cnc(CSc2nc3cc(N4CCCCC4)c(F)cc3[nH]2)c1C. The summed E-state index contributed by atoms with van der Waals surface area (Å²) in [5.74, 6) is 1.36. The number of thioether (sulfide) groups is 1. The molecule has 5 nitrogen and oxygen atoms in total. The molecule has 1 N–H and O–H groups in total. The second-order valence-corrected chi connectivity index (χ2v) is 8.21. The van der Waals surface area contributed by atoms with Gasteiger partial charge in [-0.15, -0.1) is 0 Å². The van der Waals surface area contributed by atoms with Gasteiger partial charge in [0, 0.05) is 42.2 Å². The number of pyridine rings is 1. The van der Waals surface area contributed by atoms with Crippen molar-refractivity contribution in [3.8, 4) is 5.75 Å². The predicted octanol–water partition coefficient (Wildman–Crippen LogP) is 5.01. The average Bonchev–Trinajstić information content (AvgIpc) is 3.09. The van der Waals surface area contributed by atoms with E-state index in [1.807, 2.05) is 26.1 Å². The van der Waals surface area contributed by atoms with E-state index in [1.54, 1.807) is 24.9 Å². The van der Waals surface area contributed by atoms with Crippen LogP contribution in [0, 0.1) is 19.7 Å². The molecule has 1 aromatic carbocycles. The summed E-state index contributed by atoms with van der Waals surface area (Å²) < 4.78 is 20.1. The molecule has 1 aliphatic heterocycles. The number of imidazole rings is 1. The molecule has 0 aliphatic carbocycles. The van der Waals surface area contributed by atoms with Gasteiger partial charge in [-0.1, -0.05) is 11.8 Å². The van der Waals surface area contributed by atoms with Crippen LogP contribution in [-0.2, 0) is 5.75 Å². The standard InChI is InChI=1S/C21H25FN4OS/c1-13-11-23-18(14(2)20(13)27-3)12-28-21-24-16-9-15(22)19(10-17(16)25-21)26-7-5-4-6-8-26/h9-11H,4-8,12H2,1-3H3,(H,24,25). The third-order valence-corrected chi connectivity index (χ3v) is 6.21. The maximum Gasteiger partial charge on any atom is 0.166 e. The fourth-order valence-electron chi connectivity index (χ4n) is 3.79. The van der Waals surface area contributed by atoms with Crippen LogP contribution in [0.15, 0.2) is 23.5 Å². The minimum atomic E-state index is -0.185. The Hall–Kier alpha value is -2.28. The number of nitrogens with one attached hydrogen (secondary N) is 1. The van der Waals surface area contributed by atoms with E-state index in [0.29, 0.717) is 11.4 Å². The summed E-state index contributed by atoms with van der Waals surface area (Å²) in [5.41, 5.74) is 5.23. The molecule has 1 fully saturated rings. The highest BCUT2D eigenvalue weighted by Crippen LogP contribution is 2.31. The number of anilines is 1. The number of nitrogens with zero attached hydrogens (tertiary/aromatic N) is 3. The Morgan fingerprint density at radius 2 is 2.00 bits per heavy atom. The number of hydrogen-bond acceptors (Lipinski definition) is 5. The molecule has 1 saturated heterocycles. The molecule has 2 aromatic heterocycles. The molecule has 0 spiro atoms. The monoisotopic (exact) mass is 400 g/mol. The summed E-state index contributed by atoms with van der Waals surface area (Å²) in [6, 6.07) is 3.43. The second kappa shape index (κ2) is 7.99. The summed E-state index contributed by atoms with van der Waals surface area (Å²) >= 11 is 1.57. The lowest BCUT2D eigenvalue weighted by Crippen LogP contribution is -2.30. The molecule has 0 radical (unpaired) electrons. The van der Waals surface area contributed by atoms with Gasteiger partial charge in [-0.05, 0) is 39.2 Å². The van der Waals surface area contributed by atoms with Crippen molar-refractivity contribution in [1.29, 1.82) is 0 Å². The number of halogens is 1. The Morgan fingerprint density at radius 3 is 2.75 bits per heavy atom. The van der Waals surface area contributed by atoms with E-state index in [2.05, 4.69) is 19.9 Å². The van der Waals surface area contributed by atoms with Crippen LogP contribution in [0.5, 0.6) is 5.75 Å². The summed E-state index contributed by atoms with van der Waals surface area (Å²) in [6.07, 6.45) is 5.29. The van der Waals surface area contributed by atoms with E-state index >= 15 is 0 Å². The van der Waals surface area contributed by atoms with Crippen molar-refractivity contribution in [3.05, 3.63) is 41.0 Å². The summed E-state index contributed by atoms with van der Waals surface area (Å²) in [5, 5.41) is 0.769. The molecule has 0 saturated carbocycles. The van der Waals surface area contributed by atoms with Crippen LogP contribution in [0.1, 0.15) is 36.1 Å². The predicted molar refractivity (Wildman–Crippen MR) is 112 cm³/mol. The second-order valence-electron chi connectivity index (χ2n) is 7.25. The molecule has 0 bridgehead atoms. The van der Waals surface area contributed by atoms with Gasteiger partial charge in [0.1, 0.15) is 11.6 Å². The van der Waals surface area contributed by atoms with Crippen LogP contribution in [0.25, 0.3) is 11.0 Å². The van der Waals surface area contributed by atoms with E-state index in [4.69, 9.17) is 4.74 Å². The highest BCUT2D eigenvalue weighted by Gasteiger charge is 2.17. The zero-order valence-corrected chi connectivity index (χ0v) is 17.3. The summed E-state index contributed by atoms with van der Waals surface area (Å²) in [7, 11) is 1.68. The van der Waals surface area contributed by atoms with Crippen molar-refractivity contribution in [3.63, 3.8) is 0 Å². The molecule has 3 heterocycles. The lowest BCUT2D eigenvalue weighted by atomic mass is 10.1. The Bertz CT molecular complexity index is 998. The molecule has 3 aromatic rings. The first kappa shape index (κ1) is 19.1. The Balaban J connectivity index is 1.55. The third kappa shape index (κ3) is 3.68. The third-order valence-electron chi connectivity index (χ3n) is 5.32. The number of piperidine rings is 1. The number of benzene rings is 1. The van der Waals surface area contributed by atoms with Crippen LogP contribution in [0.3, 0.4) is 0 Å². The van der Waals surface area contributed by atoms with Gasteiger partial charge in [0.05, 0.1) is 29.5 Å². The normalized spacial score (nSPS) is 14.6. The number of aromatic nitrogens is 3. The number of H-pyrrole nitrogens is 1. The first-order valence-electron chi connectivity index (χ1n) is 9.63. The van der Waals surface area contributed by atoms with E-state index in [-0.39, 0.29) is 5.82 Å². The van der Waals surface area contributed by atoms with E-state index in [9.17, 15) is 4.39 Å². The maximum atomic E-state index is 14.6. The topological polar surface area (TPSA) is 54.0 Å². The first-order valence-corrected chi connectivity index (χ1v) is 10.6. The molecule has 0 amide bonds. The number of aryl methyl sites for hydroxylation is 1. The van der Waals surface area contributed by atoms with Gasteiger partial charge in [0.2, 0.25) is 0 Å². The van der Waals surface area contributed by atoms with Crippen molar-refractivity contribution in [2.24, 2.45) is 0 Å². The average molecular weight is 401 g/mol. The van der Waals surface area contributed by atoms with Gasteiger partial charge in [-0.2, -0.15) is 0 Å². The fourth-order valence-corrected chi connectivity index (χ4v) is 4.70. The zero-order chi connectivity index (χ0) is 19.7. The van der Waals surface area contributed by atoms with Crippen LogP contribution in [0.4, 0.5) is 10.1 Å². The van der Waals surface area contributed by atoms with Gasteiger partial charge in [0.25, 0.3) is 0 Å². The van der Waals surface area contributed by atoms with Crippen LogP contribution in [-0.4, -0.2) is 35.2 Å². The Kier molecular flexibility index (Phi) is 5.44. The van der Waals surface area contributed by atoms with Crippen LogP contribution < -0.4 is 9.64 Å². The summed E-state index contributed by atoms with van der Waals surface area (Å²) in [6.45, 7) is 5.83. The van der Waals surface area contributed by atoms with Gasteiger partial charge < -0.3 is 14.6 Å². The number of ether oxygens (including phenoxy) is 1. The summed E-state index contributed by atoms with van der Waals surface area (Å²) in [4.78, 5) is 14.6. The molecule has 0 unspecified atom stereocenters. The molecular formula is C21H25FN4OS. The van der Waals surface area contributed by atoms with E-state index < -0.39 is 0 Å². The molecule has 148 valence electrons. The molecule has 4 rings (SSSR count). The van der Waals surface area contributed by atoms with Crippen molar-refractivity contribution in [1.82, 2.24) is 15.0 Å². The first-order chi connectivity index (χ1) is 13.6. The van der Waals surface area contributed by atoms with Crippen LogP contribution in [0.2, 0.25) is 0 Å². The van der Waals surface area contributed by atoms with Gasteiger partial charge >= 0.3 is 0 Å². The quantitative estimate of drug-likeness (QED) is 0.611.